The third-order valence-electron chi connectivity index (χ3n) is 2.74. The zero-order valence-corrected chi connectivity index (χ0v) is 12.9. The number of nitrogens with zero attached hydrogens (tertiary/aromatic N) is 3. The van der Waals surface area contributed by atoms with Crippen LogP contribution in [-0.4, -0.2) is 31.0 Å². The number of rotatable bonds is 9. The highest BCUT2D eigenvalue weighted by Crippen LogP contribution is 2.33. The summed E-state index contributed by atoms with van der Waals surface area (Å²) in [6.45, 7) is 3.92. The van der Waals surface area contributed by atoms with E-state index < -0.39 is 13.9 Å². The summed E-state index contributed by atoms with van der Waals surface area (Å²) in [6.07, 6.45) is 6.12. The standard InChI is InChI=1S/C12H23N4O3P/c1-3-4-5-6-7-8-11-14-10(2)15-12(16-11)13-9-20(17,18)19/h3-9H2,1-2H3,(H2,17,18,19)(H,13,14,15,16). The van der Waals surface area contributed by atoms with Crippen molar-refractivity contribution in [2.75, 3.05) is 11.6 Å². The largest absolute Gasteiger partial charge is 0.344 e. The molecule has 1 aromatic rings. The number of unbranched alkanes of at least 4 members (excludes halogenated alkanes) is 4. The Balaban J connectivity index is 2.51. The monoisotopic (exact) mass is 302 g/mol. The van der Waals surface area contributed by atoms with Crippen molar-refractivity contribution < 1.29 is 14.4 Å². The van der Waals surface area contributed by atoms with Crippen LogP contribution in [0.1, 0.15) is 50.7 Å². The van der Waals surface area contributed by atoms with Crippen LogP contribution >= 0.6 is 7.60 Å². The summed E-state index contributed by atoms with van der Waals surface area (Å²) in [5.41, 5.74) is 0. The Hall–Kier alpha value is -1.04. The molecule has 0 atom stereocenters. The first kappa shape index (κ1) is 17.0. The molecule has 7 nitrogen and oxygen atoms in total. The van der Waals surface area contributed by atoms with Crippen LogP contribution in [0.2, 0.25) is 0 Å². The fourth-order valence-corrected chi connectivity index (χ4v) is 2.14. The Morgan fingerprint density at radius 2 is 1.80 bits per heavy atom. The van der Waals surface area contributed by atoms with Crippen LogP contribution in [0.15, 0.2) is 0 Å². The van der Waals surface area contributed by atoms with E-state index in [0.717, 1.165) is 19.3 Å². The van der Waals surface area contributed by atoms with Crippen molar-refractivity contribution in [2.24, 2.45) is 0 Å². The topological polar surface area (TPSA) is 108 Å². The van der Waals surface area contributed by atoms with Crippen LogP contribution in [0.3, 0.4) is 0 Å². The fraction of sp³-hybridized carbons (Fsp3) is 0.750. The Morgan fingerprint density at radius 1 is 1.10 bits per heavy atom. The molecule has 0 saturated carbocycles. The lowest BCUT2D eigenvalue weighted by molar-refractivity contribution is 0.375. The minimum Gasteiger partial charge on any atom is -0.342 e. The second-order valence-corrected chi connectivity index (χ2v) is 6.43. The molecule has 8 heteroatoms. The number of hydrogen-bond acceptors (Lipinski definition) is 5. The first-order chi connectivity index (χ1) is 9.40. The van der Waals surface area contributed by atoms with Gasteiger partial charge in [-0.1, -0.05) is 32.6 Å². The number of hydrogen-bond donors (Lipinski definition) is 3. The first-order valence-electron chi connectivity index (χ1n) is 6.90. The zero-order valence-electron chi connectivity index (χ0n) is 12.0. The average molecular weight is 302 g/mol. The third kappa shape index (κ3) is 7.53. The van der Waals surface area contributed by atoms with E-state index >= 15 is 0 Å². The van der Waals surface area contributed by atoms with Gasteiger partial charge >= 0.3 is 7.60 Å². The lowest BCUT2D eigenvalue weighted by Gasteiger charge is -2.08. The lowest BCUT2D eigenvalue weighted by Crippen LogP contribution is -2.10. The second-order valence-electron chi connectivity index (χ2n) is 4.79. The molecule has 0 aliphatic carbocycles. The third-order valence-corrected chi connectivity index (χ3v) is 3.31. The van der Waals surface area contributed by atoms with E-state index in [9.17, 15) is 4.57 Å². The molecule has 0 aliphatic rings. The Kier molecular flexibility index (Phi) is 7.05. The van der Waals surface area contributed by atoms with Gasteiger partial charge in [0.2, 0.25) is 5.95 Å². The molecule has 0 aliphatic heterocycles. The summed E-state index contributed by atoms with van der Waals surface area (Å²) in [5, 5.41) is 2.55. The van der Waals surface area contributed by atoms with E-state index in [1.54, 1.807) is 6.92 Å². The number of aryl methyl sites for hydroxylation is 2. The van der Waals surface area contributed by atoms with Crippen molar-refractivity contribution in [1.29, 1.82) is 0 Å². The van der Waals surface area contributed by atoms with E-state index in [2.05, 4.69) is 27.2 Å². The van der Waals surface area contributed by atoms with Gasteiger partial charge in [-0.3, -0.25) is 4.57 Å². The molecule has 0 radical (unpaired) electrons. The normalized spacial score (nSPS) is 11.6. The number of aromatic nitrogens is 3. The lowest BCUT2D eigenvalue weighted by atomic mass is 10.1. The van der Waals surface area contributed by atoms with Crippen molar-refractivity contribution >= 4 is 13.5 Å². The van der Waals surface area contributed by atoms with E-state index in [0.29, 0.717) is 11.6 Å². The summed E-state index contributed by atoms with van der Waals surface area (Å²) in [5.74, 6) is 1.45. The first-order valence-corrected chi connectivity index (χ1v) is 8.70. The minimum atomic E-state index is -4.11. The van der Waals surface area contributed by atoms with Crippen molar-refractivity contribution in [2.45, 2.75) is 52.4 Å². The molecule has 0 amide bonds. The van der Waals surface area contributed by atoms with Gasteiger partial charge in [-0.2, -0.15) is 9.97 Å². The van der Waals surface area contributed by atoms with E-state index in [1.165, 1.54) is 19.3 Å². The molecule has 1 aromatic heterocycles. The summed E-state index contributed by atoms with van der Waals surface area (Å²) in [7, 11) is -4.11. The van der Waals surface area contributed by atoms with Crippen molar-refractivity contribution in [3.8, 4) is 0 Å². The minimum absolute atomic E-state index is 0.226. The quantitative estimate of drug-likeness (QED) is 0.474. The fourth-order valence-electron chi connectivity index (χ4n) is 1.79. The summed E-state index contributed by atoms with van der Waals surface area (Å²) in [4.78, 5) is 30.1. The van der Waals surface area contributed by atoms with Crippen LogP contribution in [0.4, 0.5) is 5.95 Å². The molecule has 0 fully saturated rings. The van der Waals surface area contributed by atoms with Crippen LogP contribution < -0.4 is 5.32 Å². The van der Waals surface area contributed by atoms with E-state index in [1.807, 2.05) is 0 Å². The predicted molar refractivity (Wildman–Crippen MR) is 77.6 cm³/mol. The second kappa shape index (κ2) is 8.29. The van der Waals surface area contributed by atoms with Gasteiger partial charge < -0.3 is 15.1 Å². The SMILES string of the molecule is CCCCCCCc1nc(C)nc(NCP(=O)(O)O)n1. The average Bonchev–Trinajstić information content (AvgIpc) is 2.35. The Morgan fingerprint density at radius 3 is 2.45 bits per heavy atom. The molecular formula is C12H23N4O3P. The molecule has 3 N–H and O–H groups in total. The Bertz CT molecular complexity index is 464. The molecule has 20 heavy (non-hydrogen) atoms. The summed E-state index contributed by atoms with van der Waals surface area (Å²) >= 11 is 0. The molecule has 114 valence electrons. The van der Waals surface area contributed by atoms with E-state index in [-0.39, 0.29) is 5.95 Å². The maximum Gasteiger partial charge on any atom is 0.344 e. The van der Waals surface area contributed by atoms with Crippen LogP contribution in [0, 0.1) is 6.92 Å². The zero-order chi connectivity index (χ0) is 15.0. The number of anilines is 1. The molecule has 0 spiro atoms. The van der Waals surface area contributed by atoms with Crippen molar-refractivity contribution in [3.63, 3.8) is 0 Å². The van der Waals surface area contributed by atoms with Crippen molar-refractivity contribution in [1.82, 2.24) is 15.0 Å². The van der Waals surface area contributed by atoms with Gasteiger partial charge in [0.15, 0.2) is 0 Å². The molecule has 1 heterocycles. The van der Waals surface area contributed by atoms with Gasteiger partial charge in [0, 0.05) is 6.42 Å². The van der Waals surface area contributed by atoms with Gasteiger partial charge in [0.25, 0.3) is 0 Å². The van der Waals surface area contributed by atoms with Crippen LogP contribution in [0.5, 0.6) is 0 Å². The highest BCUT2D eigenvalue weighted by molar-refractivity contribution is 7.51. The van der Waals surface area contributed by atoms with E-state index in [4.69, 9.17) is 9.79 Å². The molecular weight excluding hydrogens is 279 g/mol. The molecule has 0 unspecified atom stereocenters. The summed E-state index contributed by atoms with van der Waals surface area (Å²) < 4.78 is 10.8. The highest BCUT2D eigenvalue weighted by Gasteiger charge is 2.13. The molecule has 0 saturated heterocycles. The maximum absolute atomic E-state index is 10.8. The summed E-state index contributed by atoms with van der Waals surface area (Å²) in [6, 6.07) is 0. The molecule has 0 bridgehead atoms. The van der Waals surface area contributed by atoms with Gasteiger partial charge in [0.1, 0.15) is 17.9 Å². The van der Waals surface area contributed by atoms with Gasteiger partial charge in [-0.15, -0.1) is 0 Å². The Labute approximate surface area is 119 Å². The molecule has 1 rings (SSSR count). The van der Waals surface area contributed by atoms with Crippen molar-refractivity contribution in [3.05, 3.63) is 11.6 Å². The highest BCUT2D eigenvalue weighted by atomic mass is 31.2. The smallest absolute Gasteiger partial charge is 0.342 e. The van der Waals surface area contributed by atoms with Crippen LogP contribution in [0.25, 0.3) is 0 Å². The maximum atomic E-state index is 10.8. The predicted octanol–water partition coefficient (Wildman–Crippen LogP) is 2.24. The van der Waals surface area contributed by atoms with Crippen LogP contribution in [-0.2, 0) is 11.0 Å². The van der Waals surface area contributed by atoms with Gasteiger partial charge in [-0.25, -0.2) is 4.98 Å². The van der Waals surface area contributed by atoms with Gasteiger partial charge in [-0.05, 0) is 13.3 Å². The van der Waals surface area contributed by atoms with Gasteiger partial charge in [0.05, 0.1) is 0 Å². The molecule has 0 aromatic carbocycles. The number of nitrogens with one attached hydrogen (secondary N) is 1.